The van der Waals surface area contributed by atoms with Gasteiger partial charge in [0.25, 0.3) is 5.91 Å². The molecule has 158 valence electrons. The molecule has 1 aliphatic heterocycles. The fourth-order valence-corrected chi connectivity index (χ4v) is 3.50. The van der Waals surface area contributed by atoms with Crippen LogP contribution in [0.1, 0.15) is 37.0 Å². The Morgan fingerprint density at radius 3 is 2.33 bits per heavy atom. The number of likely N-dealkylation sites (tertiary alicyclic amines) is 1. The lowest BCUT2D eigenvalue weighted by atomic mass is 10.0. The number of carbonyl (C=O) groups is 3. The fraction of sp³-hybridized carbons (Fsp3) is 0.375. The molecule has 1 atom stereocenters. The van der Waals surface area contributed by atoms with Gasteiger partial charge in [-0.05, 0) is 36.1 Å². The first-order chi connectivity index (χ1) is 14.4. The summed E-state index contributed by atoms with van der Waals surface area (Å²) in [7, 11) is 0. The molecule has 0 bridgehead atoms. The summed E-state index contributed by atoms with van der Waals surface area (Å²) in [6, 6.07) is 17.2. The minimum atomic E-state index is -0.273. The minimum absolute atomic E-state index is 0.00144. The SMILES string of the molecule is CC(C)C(=O)NC1CCCN(C(=O)CNC(=O)c2ccc(-c3ccccc3)cc2)C1. The quantitative estimate of drug-likeness (QED) is 0.773. The Labute approximate surface area is 177 Å². The van der Waals surface area contributed by atoms with Crippen molar-refractivity contribution in [1.29, 1.82) is 0 Å². The van der Waals surface area contributed by atoms with E-state index in [9.17, 15) is 14.4 Å². The van der Waals surface area contributed by atoms with Crippen molar-refractivity contribution < 1.29 is 14.4 Å². The van der Waals surface area contributed by atoms with Crippen molar-refractivity contribution in [3.05, 3.63) is 60.2 Å². The number of hydrogen-bond donors (Lipinski definition) is 2. The maximum absolute atomic E-state index is 12.5. The number of nitrogens with one attached hydrogen (secondary N) is 2. The molecular weight excluding hydrogens is 378 g/mol. The topological polar surface area (TPSA) is 78.5 Å². The summed E-state index contributed by atoms with van der Waals surface area (Å²) in [6.45, 7) is 4.78. The normalized spacial score (nSPS) is 16.2. The van der Waals surface area contributed by atoms with Crippen molar-refractivity contribution >= 4 is 17.7 Å². The van der Waals surface area contributed by atoms with Crippen molar-refractivity contribution in [3.8, 4) is 11.1 Å². The van der Waals surface area contributed by atoms with Crippen molar-refractivity contribution in [1.82, 2.24) is 15.5 Å². The molecule has 1 aliphatic rings. The summed E-state index contributed by atoms with van der Waals surface area (Å²) in [4.78, 5) is 38.6. The molecule has 2 aromatic carbocycles. The highest BCUT2D eigenvalue weighted by molar-refractivity contribution is 5.96. The van der Waals surface area contributed by atoms with Gasteiger partial charge in [0.05, 0.1) is 6.54 Å². The van der Waals surface area contributed by atoms with Crippen LogP contribution < -0.4 is 10.6 Å². The Balaban J connectivity index is 1.50. The lowest BCUT2D eigenvalue weighted by molar-refractivity contribution is -0.133. The van der Waals surface area contributed by atoms with E-state index in [4.69, 9.17) is 0 Å². The summed E-state index contributed by atoms with van der Waals surface area (Å²) >= 11 is 0. The zero-order valence-corrected chi connectivity index (χ0v) is 17.6. The second-order valence-corrected chi connectivity index (χ2v) is 7.97. The number of piperidine rings is 1. The molecule has 1 heterocycles. The third kappa shape index (κ3) is 5.69. The lowest BCUT2D eigenvalue weighted by Crippen LogP contribution is -2.52. The van der Waals surface area contributed by atoms with Crippen LogP contribution in [-0.2, 0) is 9.59 Å². The van der Waals surface area contributed by atoms with Crippen LogP contribution in [-0.4, -0.2) is 48.3 Å². The van der Waals surface area contributed by atoms with Gasteiger partial charge in [-0.3, -0.25) is 14.4 Å². The molecule has 2 aromatic rings. The molecule has 1 fully saturated rings. The largest absolute Gasteiger partial charge is 0.351 e. The van der Waals surface area contributed by atoms with Crippen LogP contribution in [0.3, 0.4) is 0 Å². The highest BCUT2D eigenvalue weighted by Crippen LogP contribution is 2.19. The second-order valence-electron chi connectivity index (χ2n) is 7.97. The van der Waals surface area contributed by atoms with Crippen LogP contribution in [0.2, 0.25) is 0 Å². The minimum Gasteiger partial charge on any atom is -0.351 e. The first-order valence-electron chi connectivity index (χ1n) is 10.5. The average molecular weight is 408 g/mol. The predicted octanol–water partition coefficient (Wildman–Crippen LogP) is 2.85. The van der Waals surface area contributed by atoms with Crippen molar-refractivity contribution in [2.24, 2.45) is 5.92 Å². The molecule has 0 radical (unpaired) electrons. The molecule has 3 rings (SSSR count). The molecule has 0 saturated carbocycles. The van der Waals surface area contributed by atoms with E-state index < -0.39 is 0 Å². The average Bonchev–Trinajstić information content (AvgIpc) is 2.78. The number of benzene rings is 2. The Morgan fingerprint density at radius 1 is 1.00 bits per heavy atom. The first-order valence-corrected chi connectivity index (χ1v) is 10.5. The van der Waals surface area contributed by atoms with E-state index in [1.165, 1.54) is 0 Å². The van der Waals surface area contributed by atoms with Crippen LogP contribution in [0.15, 0.2) is 54.6 Å². The predicted molar refractivity (Wildman–Crippen MR) is 117 cm³/mol. The van der Waals surface area contributed by atoms with Crippen molar-refractivity contribution in [3.63, 3.8) is 0 Å². The van der Waals surface area contributed by atoms with Gasteiger partial charge in [0, 0.05) is 30.6 Å². The summed E-state index contributed by atoms with van der Waals surface area (Å²) < 4.78 is 0. The zero-order chi connectivity index (χ0) is 21.5. The van der Waals surface area contributed by atoms with Crippen LogP contribution in [0, 0.1) is 5.92 Å². The van der Waals surface area contributed by atoms with Crippen molar-refractivity contribution in [2.75, 3.05) is 19.6 Å². The molecule has 6 heteroatoms. The van der Waals surface area contributed by atoms with Gasteiger partial charge in [-0.15, -0.1) is 0 Å². The second kappa shape index (κ2) is 10.1. The summed E-state index contributed by atoms with van der Waals surface area (Å²) in [5.74, 6) is -0.484. The van der Waals surface area contributed by atoms with E-state index in [2.05, 4.69) is 10.6 Å². The van der Waals surface area contributed by atoms with Gasteiger partial charge < -0.3 is 15.5 Å². The molecule has 2 N–H and O–H groups in total. The van der Waals surface area contributed by atoms with Gasteiger partial charge in [-0.25, -0.2) is 0 Å². The van der Waals surface area contributed by atoms with Crippen LogP contribution in [0.5, 0.6) is 0 Å². The Bertz CT molecular complexity index is 878. The molecule has 3 amide bonds. The number of nitrogens with zero attached hydrogens (tertiary/aromatic N) is 1. The van der Waals surface area contributed by atoms with Crippen LogP contribution >= 0.6 is 0 Å². The number of amides is 3. The molecule has 30 heavy (non-hydrogen) atoms. The summed E-state index contributed by atoms with van der Waals surface area (Å²) in [5.41, 5.74) is 2.64. The Morgan fingerprint density at radius 2 is 1.67 bits per heavy atom. The maximum atomic E-state index is 12.5. The molecule has 1 unspecified atom stereocenters. The van der Waals surface area contributed by atoms with Crippen molar-refractivity contribution in [2.45, 2.75) is 32.7 Å². The number of carbonyl (C=O) groups excluding carboxylic acids is 3. The van der Waals surface area contributed by atoms with Gasteiger partial charge in [0.2, 0.25) is 11.8 Å². The smallest absolute Gasteiger partial charge is 0.251 e. The first kappa shape index (κ1) is 21.6. The van der Waals surface area contributed by atoms with Gasteiger partial charge in [0.1, 0.15) is 0 Å². The lowest BCUT2D eigenvalue weighted by Gasteiger charge is -2.33. The third-order valence-corrected chi connectivity index (χ3v) is 5.30. The molecular formula is C24H29N3O3. The summed E-state index contributed by atoms with van der Waals surface area (Å²) in [5, 5.41) is 5.70. The third-order valence-electron chi connectivity index (χ3n) is 5.30. The standard InChI is InChI=1S/C24H29N3O3/c1-17(2)23(29)26-21-9-6-14-27(16-21)22(28)15-25-24(30)20-12-10-19(11-13-20)18-7-4-3-5-8-18/h3-5,7-8,10-13,17,21H,6,9,14-16H2,1-2H3,(H,25,30)(H,26,29). The Kier molecular flexibility index (Phi) is 7.22. The van der Waals surface area contributed by atoms with E-state index in [1.807, 2.05) is 56.3 Å². The maximum Gasteiger partial charge on any atom is 0.251 e. The number of rotatable bonds is 6. The van der Waals surface area contributed by atoms with E-state index >= 15 is 0 Å². The number of hydrogen-bond acceptors (Lipinski definition) is 3. The zero-order valence-electron chi connectivity index (χ0n) is 17.6. The monoisotopic (exact) mass is 407 g/mol. The van der Waals surface area contributed by atoms with Crippen LogP contribution in [0.25, 0.3) is 11.1 Å². The van der Waals surface area contributed by atoms with Gasteiger partial charge in [-0.1, -0.05) is 56.3 Å². The van der Waals surface area contributed by atoms with E-state index in [-0.39, 0.29) is 36.2 Å². The van der Waals surface area contributed by atoms with E-state index in [0.29, 0.717) is 18.7 Å². The fourth-order valence-electron chi connectivity index (χ4n) is 3.50. The summed E-state index contributed by atoms with van der Waals surface area (Å²) in [6.07, 6.45) is 1.70. The van der Waals surface area contributed by atoms with Gasteiger partial charge >= 0.3 is 0 Å². The van der Waals surface area contributed by atoms with E-state index in [0.717, 1.165) is 24.0 Å². The molecule has 6 nitrogen and oxygen atoms in total. The highest BCUT2D eigenvalue weighted by Gasteiger charge is 2.25. The molecule has 0 spiro atoms. The Hall–Kier alpha value is -3.15. The van der Waals surface area contributed by atoms with E-state index in [1.54, 1.807) is 17.0 Å². The molecule has 0 aromatic heterocycles. The highest BCUT2D eigenvalue weighted by atomic mass is 16.2. The van der Waals surface area contributed by atoms with Gasteiger partial charge in [0.15, 0.2) is 0 Å². The van der Waals surface area contributed by atoms with Crippen LogP contribution in [0.4, 0.5) is 0 Å². The molecule has 1 saturated heterocycles. The molecule has 0 aliphatic carbocycles. The van der Waals surface area contributed by atoms with Gasteiger partial charge in [-0.2, -0.15) is 0 Å².